The molecule has 0 atom stereocenters. The maximum absolute atomic E-state index is 13.4. The van der Waals surface area contributed by atoms with Crippen molar-refractivity contribution in [1.29, 1.82) is 0 Å². The van der Waals surface area contributed by atoms with E-state index in [9.17, 15) is 9.59 Å². The van der Waals surface area contributed by atoms with Gasteiger partial charge in [-0.05, 0) is 48.8 Å². The van der Waals surface area contributed by atoms with Crippen molar-refractivity contribution in [3.8, 4) is 5.75 Å². The van der Waals surface area contributed by atoms with Crippen molar-refractivity contribution in [3.63, 3.8) is 0 Å². The molecule has 0 saturated heterocycles. The molecule has 146 valence electrons. The number of carbonyl (C=O) groups is 2. The van der Waals surface area contributed by atoms with Crippen LogP contribution in [0.15, 0.2) is 29.6 Å². The van der Waals surface area contributed by atoms with Gasteiger partial charge in [-0.3, -0.25) is 9.59 Å². The van der Waals surface area contributed by atoms with Gasteiger partial charge in [0, 0.05) is 12.6 Å². The predicted octanol–water partition coefficient (Wildman–Crippen LogP) is 4.51. The number of thiophene rings is 1. The van der Waals surface area contributed by atoms with Crippen LogP contribution in [-0.4, -0.2) is 36.9 Å². The Morgan fingerprint density at radius 3 is 2.63 bits per heavy atom. The largest absolute Gasteiger partial charge is 0.496 e. The number of aryl methyl sites for hydroxylation is 1. The predicted molar refractivity (Wildman–Crippen MR) is 111 cm³/mol. The first kappa shape index (κ1) is 21.0. The Morgan fingerprint density at radius 2 is 2.00 bits per heavy atom. The van der Waals surface area contributed by atoms with E-state index in [1.807, 2.05) is 41.5 Å². The average molecular weight is 389 g/mol. The second-order valence-electron chi connectivity index (χ2n) is 6.42. The fourth-order valence-electron chi connectivity index (χ4n) is 3.34. The first-order chi connectivity index (χ1) is 13.1. The number of hydrogen-bond donors (Lipinski definition) is 1. The number of nitrogens with one attached hydrogen (secondary N) is 1. The molecular weight excluding hydrogens is 360 g/mol. The zero-order valence-electron chi connectivity index (χ0n) is 16.5. The van der Waals surface area contributed by atoms with Gasteiger partial charge in [0.1, 0.15) is 10.8 Å². The van der Waals surface area contributed by atoms with Crippen LogP contribution in [0.2, 0.25) is 0 Å². The molecule has 1 N–H and O–H groups in total. The molecule has 2 amide bonds. The summed E-state index contributed by atoms with van der Waals surface area (Å²) in [7, 11) is 1.66. The second kappa shape index (κ2) is 10.1. The Bertz CT molecular complexity index is 769. The van der Waals surface area contributed by atoms with Crippen molar-refractivity contribution in [2.24, 2.45) is 0 Å². The molecule has 0 spiro atoms. The lowest BCUT2D eigenvalue weighted by atomic mass is 10.0. The van der Waals surface area contributed by atoms with Crippen molar-refractivity contribution in [2.45, 2.75) is 46.1 Å². The van der Waals surface area contributed by atoms with Gasteiger partial charge in [-0.1, -0.05) is 32.0 Å². The fourth-order valence-corrected chi connectivity index (χ4v) is 4.24. The van der Waals surface area contributed by atoms with E-state index in [0.717, 1.165) is 29.7 Å². The lowest BCUT2D eigenvalue weighted by molar-refractivity contribution is -0.105. The first-order valence-corrected chi connectivity index (χ1v) is 10.2. The minimum atomic E-state index is -0.0262. The number of benzene rings is 1. The van der Waals surface area contributed by atoms with E-state index in [0.29, 0.717) is 29.9 Å². The number of hydrogen-bond acceptors (Lipinski definition) is 4. The van der Waals surface area contributed by atoms with Crippen molar-refractivity contribution in [1.82, 2.24) is 4.90 Å². The van der Waals surface area contributed by atoms with E-state index in [1.54, 1.807) is 7.11 Å². The van der Waals surface area contributed by atoms with Gasteiger partial charge in [0.05, 0.1) is 12.7 Å². The van der Waals surface area contributed by atoms with Crippen LogP contribution in [0.4, 0.5) is 5.00 Å². The summed E-state index contributed by atoms with van der Waals surface area (Å²) in [6.07, 6.45) is 3.10. The highest BCUT2D eigenvalue weighted by Crippen LogP contribution is 2.30. The number of carbonyl (C=O) groups excluding carboxylic acids is 2. The van der Waals surface area contributed by atoms with Crippen LogP contribution in [0.3, 0.4) is 0 Å². The van der Waals surface area contributed by atoms with Crippen LogP contribution in [0.5, 0.6) is 5.75 Å². The third-order valence-corrected chi connectivity index (χ3v) is 5.87. The summed E-state index contributed by atoms with van der Waals surface area (Å²) in [4.78, 5) is 26.3. The zero-order chi connectivity index (χ0) is 19.8. The summed E-state index contributed by atoms with van der Waals surface area (Å²) >= 11 is 1.38. The van der Waals surface area contributed by atoms with Crippen molar-refractivity contribution >= 4 is 28.7 Å². The van der Waals surface area contributed by atoms with Crippen LogP contribution in [0, 0.1) is 6.92 Å². The number of amides is 2. The summed E-state index contributed by atoms with van der Waals surface area (Å²) < 4.78 is 5.44. The summed E-state index contributed by atoms with van der Waals surface area (Å²) in [6, 6.07) is 8.04. The molecule has 27 heavy (non-hydrogen) atoms. The molecule has 2 rings (SSSR count). The van der Waals surface area contributed by atoms with Crippen molar-refractivity contribution in [2.75, 3.05) is 19.0 Å². The van der Waals surface area contributed by atoms with E-state index in [-0.39, 0.29) is 11.9 Å². The molecular formula is C21H28N2O3S. The summed E-state index contributed by atoms with van der Waals surface area (Å²) in [5, 5.41) is 5.19. The molecule has 1 aromatic heterocycles. The van der Waals surface area contributed by atoms with Crippen LogP contribution >= 0.6 is 11.3 Å². The van der Waals surface area contributed by atoms with Crippen LogP contribution < -0.4 is 10.1 Å². The van der Waals surface area contributed by atoms with Crippen molar-refractivity contribution in [3.05, 3.63) is 46.3 Å². The van der Waals surface area contributed by atoms with E-state index in [1.165, 1.54) is 11.3 Å². The molecule has 0 aliphatic rings. The highest BCUT2D eigenvalue weighted by molar-refractivity contribution is 7.15. The van der Waals surface area contributed by atoms with Gasteiger partial charge in [-0.2, -0.15) is 0 Å². The fraction of sp³-hybridized carbons (Fsp3) is 0.429. The molecule has 0 aliphatic heterocycles. The number of methoxy groups -OCH3 is 1. The lowest BCUT2D eigenvalue weighted by Gasteiger charge is -2.31. The first-order valence-electron chi connectivity index (χ1n) is 9.28. The molecule has 6 heteroatoms. The smallest absolute Gasteiger partial charge is 0.257 e. The van der Waals surface area contributed by atoms with Gasteiger partial charge in [0.15, 0.2) is 0 Å². The maximum atomic E-state index is 13.4. The van der Waals surface area contributed by atoms with Crippen molar-refractivity contribution < 1.29 is 14.3 Å². The third-order valence-electron chi connectivity index (χ3n) is 4.84. The average Bonchev–Trinajstić information content (AvgIpc) is 3.05. The standard InChI is InChI=1S/C21H28N2O3S/c1-5-17(6-2)23(12-11-16-9-7-8-10-18(16)26-4)21(25)19-15(3)13-27-20(19)22-14-24/h7-10,13-14,17H,5-6,11-12H2,1-4H3,(H,22,24). The molecule has 0 aliphatic carbocycles. The van der Waals surface area contributed by atoms with E-state index < -0.39 is 0 Å². The summed E-state index contributed by atoms with van der Waals surface area (Å²) in [5.74, 6) is 0.811. The molecule has 1 heterocycles. The minimum absolute atomic E-state index is 0.0262. The Hall–Kier alpha value is -2.34. The van der Waals surface area contributed by atoms with E-state index in [4.69, 9.17) is 4.74 Å². The maximum Gasteiger partial charge on any atom is 0.257 e. The Kier molecular flexibility index (Phi) is 7.85. The summed E-state index contributed by atoms with van der Waals surface area (Å²) in [6.45, 7) is 6.71. The van der Waals surface area contributed by atoms with Gasteiger partial charge >= 0.3 is 0 Å². The van der Waals surface area contributed by atoms with Gasteiger partial charge in [0.25, 0.3) is 5.91 Å². The normalized spacial score (nSPS) is 10.7. The van der Waals surface area contributed by atoms with Gasteiger partial charge in [-0.15, -0.1) is 11.3 Å². The number of anilines is 1. The number of ether oxygens (including phenoxy) is 1. The molecule has 0 radical (unpaired) electrons. The highest BCUT2D eigenvalue weighted by atomic mass is 32.1. The monoisotopic (exact) mass is 388 g/mol. The van der Waals surface area contributed by atoms with Crippen LogP contribution in [-0.2, 0) is 11.2 Å². The minimum Gasteiger partial charge on any atom is -0.496 e. The number of nitrogens with zero attached hydrogens (tertiary/aromatic N) is 1. The zero-order valence-corrected chi connectivity index (χ0v) is 17.3. The lowest BCUT2D eigenvalue weighted by Crippen LogP contribution is -2.41. The molecule has 0 unspecified atom stereocenters. The number of para-hydroxylation sites is 1. The van der Waals surface area contributed by atoms with Crippen LogP contribution in [0.25, 0.3) is 0 Å². The summed E-state index contributed by atoms with van der Waals surface area (Å²) in [5.41, 5.74) is 2.57. The van der Waals surface area contributed by atoms with Gasteiger partial charge in [-0.25, -0.2) is 0 Å². The van der Waals surface area contributed by atoms with E-state index in [2.05, 4.69) is 19.2 Å². The molecule has 0 fully saturated rings. The second-order valence-corrected chi connectivity index (χ2v) is 7.30. The Morgan fingerprint density at radius 1 is 1.30 bits per heavy atom. The highest BCUT2D eigenvalue weighted by Gasteiger charge is 2.27. The Labute approximate surface area is 165 Å². The number of rotatable bonds is 10. The Balaban J connectivity index is 2.30. The molecule has 5 nitrogen and oxygen atoms in total. The molecule has 2 aromatic rings. The molecule has 0 saturated carbocycles. The SMILES string of the molecule is CCC(CC)N(CCc1ccccc1OC)C(=O)c1c(C)csc1NC=O. The molecule has 1 aromatic carbocycles. The third kappa shape index (κ3) is 4.89. The van der Waals surface area contributed by atoms with Gasteiger partial charge < -0.3 is 15.0 Å². The van der Waals surface area contributed by atoms with Crippen LogP contribution in [0.1, 0.15) is 48.2 Å². The van der Waals surface area contributed by atoms with Gasteiger partial charge in [0.2, 0.25) is 6.41 Å². The molecule has 0 bridgehead atoms. The quantitative estimate of drug-likeness (QED) is 0.609. The van der Waals surface area contributed by atoms with E-state index >= 15 is 0 Å². The topological polar surface area (TPSA) is 58.6 Å².